The molecule has 0 aliphatic heterocycles. The Morgan fingerprint density at radius 2 is 1.94 bits per heavy atom. The van der Waals surface area contributed by atoms with Crippen LogP contribution in [0.25, 0.3) is 0 Å². The first kappa shape index (κ1) is 15.2. The second kappa shape index (κ2) is 8.30. The first-order valence-electron chi connectivity index (χ1n) is 7.20. The molecule has 1 fully saturated rings. The van der Waals surface area contributed by atoms with Gasteiger partial charge in [0.25, 0.3) is 0 Å². The maximum absolute atomic E-state index is 11.2. The molecule has 0 unspecified atom stereocenters. The molecule has 1 rings (SSSR count). The molecule has 0 spiro atoms. The third kappa shape index (κ3) is 5.21. The van der Waals surface area contributed by atoms with Crippen molar-refractivity contribution in [3.05, 3.63) is 12.2 Å². The summed E-state index contributed by atoms with van der Waals surface area (Å²) >= 11 is 0. The Kier molecular flexibility index (Phi) is 7.02. The number of esters is 1. The largest absolute Gasteiger partial charge is 0.463 e. The van der Waals surface area contributed by atoms with Crippen molar-refractivity contribution >= 4 is 5.97 Å². The molecule has 0 aromatic rings. The fourth-order valence-electron chi connectivity index (χ4n) is 2.65. The highest BCUT2D eigenvalue weighted by atomic mass is 16.5. The lowest BCUT2D eigenvalue weighted by molar-refractivity contribution is -0.137. The van der Waals surface area contributed by atoms with E-state index in [9.17, 15) is 4.79 Å². The van der Waals surface area contributed by atoms with E-state index in [1.54, 1.807) is 0 Å². The quantitative estimate of drug-likeness (QED) is 0.538. The molecule has 3 heteroatoms. The van der Waals surface area contributed by atoms with Gasteiger partial charge < -0.3 is 4.74 Å². The van der Waals surface area contributed by atoms with Crippen LogP contribution in [0.5, 0.6) is 0 Å². The maximum atomic E-state index is 11.2. The molecule has 1 aliphatic carbocycles. The Morgan fingerprint density at radius 1 is 1.28 bits per heavy atom. The molecule has 0 radical (unpaired) electrons. The van der Waals surface area contributed by atoms with E-state index in [1.165, 1.54) is 38.2 Å². The summed E-state index contributed by atoms with van der Waals surface area (Å²) in [7, 11) is 2.15. The molecule has 1 aliphatic rings. The standard InChI is InChI=1S/C15H27NO2/c1-4-13-8-10-14(11-9-13)16(3)12-6-7-15(17)18-5-2/h6-7,13-14H,4-5,8-12H2,1-3H3/b7-6+. The first-order chi connectivity index (χ1) is 8.67. The van der Waals surface area contributed by atoms with Gasteiger partial charge in [0.2, 0.25) is 0 Å². The lowest BCUT2D eigenvalue weighted by Crippen LogP contribution is -2.35. The highest BCUT2D eigenvalue weighted by molar-refractivity contribution is 5.81. The number of ether oxygens (including phenoxy) is 1. The summed E-state index contributed by atoms with van der Waals surface area (Å²) in [5.74, 6) is 0.699. The second-order valence-electron chi connectivity index (χ2n) is 5.18. The zero-order chi connectivity index (χ0) is 13.4. The molecule has 3 nitrogen and oxygen atoms in total. The first-order valence-corrected chi connectivity index (χ1v) is 7.20. The number of rotatable bonds is 6. The van der Waals surface area contributed by atoms with Gasteiger partial charge in [0.05, 0.1) is 6.61 Å². The SMILES string of the molecule is CCOC(=O)/C=C/CN(C)C1CCC(CC)CC1. The Labute approximate surface area is 111 Å². The summed E-state index contributed by atoms with van der Waals surface area (Å²) in [6.07, 6.45) is 10.1. The normalized spacial score (nSPS) is 24.7. The van der Waals surface area contributed by atoms with E-state index in [1.807, 2.05) is 13.0 Å². The van der Waals surface area contributed by atoms with Gasteiger partial charge in [-0.05, 0) is 45.6 Å². The van der Waals surface area contributed by atoms with Gasteiger partial charge in [0.15, 0.2) is 0 Å². The molecule has 0 N–H and O–H groups in total. The molecule has 18 heavy (non-hydrogen) atoms. The maximum Gasteiger partial charge on any atom is 0.330 e. The van der Waals surface area contributed by atoms with Crippen molar-refractivity contribution in [2.24, 2.45) is 5.92 Å². The van der Waals surface area contributed by atoms with Crippen LogP contribution in [0.3, 0.4) is 0 Å². The molecule has 0 amide bonds. The van der Waals surface area contributed by atoms with E-state index in [4.69, 9.17) is 4.74 Å². The number of hydrogen-bond donors (Lipinski definition) is 0. The summed E-state index contributed by atoms with van der Waals surface area (Å²) in [5, 5.41) is 0. The highest BCUT2D eigenvalue weighted by Crippen LogP contribution is 2.28. The van der Waals surface area contributed by atoms with E-state index in [0.29, 0.717) is 12.6 Å². The van der Waals surface area contributed by atoms with Crippen molar-refractivity contribution in [2.45, 2.75) is 52.0 Å². The predicted octanol–water partition coefficient (Wildman–Crippen LogP) is 3.01. The molecule has 1 saturated carbocycles. The van der Waals surface area contributed by atoms with Crippen molar-refractivity contribution in [3.8, 4) is 0 Å². The van der Waals surface area contributed by atoms with Crippen LogP contribution in [-0.4, -0.2) is 37.1 Å². The van der Waals surface area contributed by atoms with E-state index in [2.05, 4.69) is 18.9 Å². The van der Waals surface area contributed by atoms with Gasteiger partial charge >= 0.3 is 5.97 Å². The van der Waals surface area contributed by atoms with Crippen molar-refractivity contribution in [1.82, 2.24) is 4.90 Å². The molecule has 0 saturated heterocycles. The van der Waals surface area contributed by atoms with Gasteiger partial charge in [-0.3, -0.25) is 4.90 Å². The zero-order valence-corrected chi connectivity index (χ0v) is 12.0. The molecule has 104 valence electrons. The lowest BCUT2D eigenvalue weighted by atomic mass is 9.84. The van der Waals surface area contributed by atoms with Gasteiger partial charge in [-0.25, -0.2) is 4.79 Å². The van der Waals surface area contributed by atoms with E-state index < -0.39 is 0 Å². The van der Waals surface area contributed by atoms with Gasteiger partial charge in [-0.15, -0.1) is 0 Å². The van der Waals surface area contributed by atoms with Crippen LogP contribution in [0.2, 0.25) is 0 Å². The van der Waals surface area contributed by atoms with Gasteiger partial charge in [0, 0.05) is 18.7 Å². The molecule has 0 heterocycles. The summed E-state index contributed by atoms with van der Waals surface area (Å²) in [6.45, 7) is 5.39. The second-order valence-corrected chi connectivity index (χ2v) is 5.18. The number of carbonyl (C=O) groups is 1. The van der Waals surface area contributed by atoms with E-state index in [-0.39, 0.29) is 5.97 Å². The average Bonchev–Trinajstić information content (AvgIpc) is 2.39. The van der Waals surface area contributed by atoms with Gasteiger partial charge in [-0.2, -0.15) is 0 Å². The molecule has 0 bridgehead atoms. The Hall–Kier alpha value is -0.830. The predicted molar refractivity (Wildman–Crippen MR) is 74.4 cm³/mol. The summed E-state index contributed by atoms with van der Waals surface area (Å²) in [6, 6.07) is 0.680. The van der Waals surface area contributed by atoms with Crippen LogP contribution in [0.4, 0.5) is 0 Å². The Morgan fingerprint density at radius 3 is 2.50 bits per heavy atom. The van der Waals surface area contributed by atoms with E-state index in [0.717, 1.165) is 12.5 Å². The summed E-state index contributed by atoms with van der Waals surface area (Å²) in [4.78, 5) is 13.5. The Balaban J connectivity index is 2.25. The number of nitrogens with zero attached hydrogens (tertiary/aromatic N) is 1. The summed E-state index contributed by atoms with van der Waals surface area (Å²) < 4.78 is 4.85. The summed E-state index contributed by atoms with van der Waals surface area (Å²) in [5.41, 5.74) is 0. The van der Waals surface area contributed by atoms with Crippen LogP contribution in [0, 0.1) is 5.92 Å². The number of likely N-dealkylation sites (N-methyl/N-ethyl adjacent to an activating group) is 1. The molecular weight excluding hydrogens is 226 g/mol. The van der Waals surface area contributed by atoms with Crippen LogP contribution in [0.1, 0.15) is 46.0 Å². The van der Waals surface area contributed by atoms with Gasteiger partial charge in [-0.1, -0.05) is 19.4 Å². The third-order valence-electron chi connectivity index (χ3n) is 3.95. The van der Waals surface area contributed by atoms with Crippen LogP contribution < -0.4 is 0 Å². The smallest absolute Gasteiger partial charge is 0.330 e. The minimum absolute atomic E-state index is 0.236. The van der Waals surface area contributed by atoms with Gasteiger partial charge in [0.1, 0.15) is 0 Å². The molecule has 0 aromatic heterocycles. The number of hydrogen-bond acceptors (Lipinski definition) is 3. The van der Waals surface area contributed by atoms with Crippen molar-refractivity contribution in [2.75, 3.05) is 20.2 Å². The highest BCUT2D eigenvalue weighted by Gasteiger charge is 2.22. The minimum Gasteiger partial charge on any atom is -0.463 e. The van der Waals surface area contributed by atoms with E-state index >= 15 is 0 Å². The van der Waals surface area contributed by atoms with Crippen LogP contribution in [0.15, 0.2) is 12.2 Å². The third-order valence-corrected chi connectivity index (χ3v) is 3.95. The van der Waals surface area contributed by atoms with Crippen molar-refractivity contribution in [3.63, 3.8) is 0 Å². The number of carbonyl (C=O) groups excluding carboxylic acids is 1. The van der Waals surface area contributed by atoms with Crippen LogP contribution >= 0.6 is 0 Å². The monoisotopic (exact) mass is 253 g/mol. The molecular formula is C15H27NO2. The van der Waals surface area contributed by atoms with Crippen LogP contribution in [-0.2, 0) is 9.53 Å². The fourth-order valence-corrected chi connectivity index (χ4v) is 2.65. The zero-order valence-electron chi connectivity index (χ0n) is 12.0. The lowest BCUT2D eigenvalue weighted by Gasteiger charge is -2.33. The van der Waals surface area contributed by atoms with Crippen molar-refractivity contribution in [1.29, 1.82) is 0 Å². The minimum atomic E-state index is -0.236. The average molecular weight is 253 g/mol. The molecule has 0 atom stereocenters. The fraction of sp³-hybridized carbons (Fsp3) is 0.800. The topological polar surface area (TPSA) is 29.5 Å². The Bertz CT molecular complexity index is 268. The molecule has 0 aromatic carbocycles. The van der Waals surface area contributed by atoms with Crippen molar-refractivity contribution < 1.29 is 9.53 Å².